The highest BCUT2D eigenvalue weighted by Gasteiger charge is 2.43. The zero-order valence-electron chi connectivity index (χ0n) is 10.1. The molecule has 0 radical (unpaired) electrons. The van der Waals surface area contributed by atoms with E-state index >= 15 is 0 Å². The summed E-state index contributed by atoms with van der Waals surface area (Å²) in [6.07, 6.45) is 1.69. The minimum atomic E-state index is -0.702. The van der Waals surface area contributed by atoms with Gasteiger partial charge in [-0.2, -0.15) is 0 Å². The van der Waals surface area contributed by atoms with E-state index in [1.807, 2.05) is 34.6 Å². The van der Waals surface area contributed by atoms with Gasteiger partial charge in [-0.1, -0.05) is 20.8 Å². The molecule has 0 fully saturated rings. The highest BCUT2D eigenvalue weighted by molar-refractivity contribution is 5.79. The van der Waals surface area contributed by atoms with Gasteiger partial charge in [-0.05, 0) is 27.0 Å². The van der Waals surface area contributed by atoms with E-state index in [0.717, 1.165) is 0 Å². The molecule has 0 aliphatic carbocycles. The Kier molecular flexibility index (Phi) is 4.01. The fourth-order valence-corrected chi connectivity index (χ4v) is 1.38. The molecule has 0 spiro atoms. The molecule has 0 saturated heterocycles. The molecular weight excluding hydrogens is 176 g/mol. The van der Waals surface area contributed by atoms with Crippen molar-refractivity contribution in [1.82, 2.24) is 0 Å². The zero-order valence-corrected chi connectivity index (χ0v) is 10.1. The molecule has 3 nitrogen and oxygen atoms in total. The van der Waals surface area contributed by atoms with E-state index in [9.17, 15) is 4.79 Å². The molecule has 0 saturated carbocycles. The number of nitrogens with zero attached hydrogens (tertiary/aromatic N) is 1. The van der Waals surface area contributed by atoms with Crippen molar-refractivity contribution in [2.24, 2.45) is 22.1 Å². The maximum atomic E-state index is 11.3. The standard InChI is InChI=1S/C11H22N2O/c1-7-13-11(6,12)10(4,5)8(2)9(3)14/h7-8H,12H2,1-6H3/t8-,11?/m1/s1. The van der Waals surface area contributed by atoms with E-state index in [4.69, 9.17) is 5.73 Å². The van der Waals surface area contributed by atoms with Gasteiger partial charge in [0, 0.05) is 11.3 Å². The first-order chi connectivity index (χ1) is 6.16. The van der Waals surface area contributed by atoms with Crippen LogP contribution in [-0.4, -0.2) is 17.7 Å². The summed E-state index contributed by atoms with van der Waals surface area (Å²) < 4.78 is 0. The van der Waals surface area contributed by atoms with Gasteiger partial charge in [0.1, 0.15) is 11.4 Å². The third-order valence-corrected chi connectivity index (χ3v) is 3.39. The predicted molar refractivity (Wildman–Crippen MR) is 60.4 cm³/mol. The second-order valence-corrected chi connectivity index (χ2v) is 4.59. The lowest BCUT2D eigenvalue weighted by atomic mass is 9.69. The maximum absolute atomic E-state index is 11.3. The van der Waals surface area contributed by atoms with Gasteiger partial charge < -0.3 is 5.73 Å². The van der Waals surface area contributed by atoms with Crippen LogP contribution in [0.5, 0.6) is 0 Å². The van der Waals surface area contributed by atoms with Crippen molar-refractivity contribution in [3.8, 4) is 0 Å². The first-order valence-corrected chi connectivity index (χ1v) is 4.96. The molecule has 3 heteroatoms. The summed E-state index contributed by atoms with van der Waals surface area (Å²) in [6.45, 7) is 11.1. The van der Waals surface area contributed by atoms with Crippen LogP contribution in [0.25, 0.3) is 0 Å². The number of nitrogens with two attached hydrogens (primary N) is 1. The number of hydrogen-bond donors (Lipinski definition) is 1. The van der Waals surface area contributed by atoms with E-state index in [1.54, 1.807) is 13.1 Å². The zero-order chi connectivity index (χ0) is 11.6. The molecule has 0 heterocycles. The molecule has 2 N–H and O–H groups in total. The molecule has 0 rings (SSSR count). The van der Waals surface area contributed by atoms with Crippen molar-refractivity contribution in [1.29, 1.82) is 0 Å². The van der Waals surface area contributed by atoms with Gasteiger partial charge in [0.05, 0.1) is 0 Å². The maximum Gasteiger partial charge on any atom is 0.133 e. The smallest absolute Gasteiger partial charge is 0.133 e. The van der Waals surface area contributed by atoms with Gasteiger partial charge in [0.2, 0.25) is 0 Å². The van der Waals surface area contributed by atoms with Crippen LogP contribution in [0.4, 0.5) is 0 Å². The highest BCUT2D eigenvalue weighted by Crippen LogP contribution is 2.37. The van der Waals surface area contributed by atoms with Crippen molar-refractivity contribution in [3.05, 3.63) is 0 Å². The van der Waals surface area contributed by atoms with E-state index < -0.39 is 5.66 Å². The Morgan fingerprint density at radius 2 is 1.86 bits per heavy atom. The Hall–Kier alpha value is -0.700. The normalized spacial score (nSPS) is 19.4. The molecule has 0 bridgehead atoms. The monoisotopic (exact) mass is 198 g/mol. The number of hydrogen-bond acceptors (Lipinski definition) is 3. The minimum absolute atomic E-state index is 0.0961. The third kappa shape index (κ3) is 2.41. The minimum Gasteiger partial charge on any atom is -0.307 e. The first kappa shape index (κ1) is 13.3. The van der Waals surface area contributed by atoms with Gasteiger partial charge in [-0.15, -0.1) is 0 Å². The van der Waals surface area contributed by atoms with E-state index in [1.165, 1.54) is 0 Å². The molecular formula is C11H22N2O. The summed E-state index contributed by atoms with van der Waals surface area (Å²) in [5.41, 5.74) is 5.05. The average Bonchev–Trinajstić information content (AvgIpc) is 2.02. The van der Waals surface area contributed by atoms with E-state index in [0.29, 0.717) is 0 Å². The van der Waals surface area contributed by atoms with Crippen LogP contribution in [-0.2, 0) is 4.79 Å². The fourth-order valence-electron chi connectivity index (χ4n) is 1.38. The van der Waals surface area contributed by atoms with Gasteiger partial charge in [0.15, 0.2) is 0 Å². The first-order valence-electron chi connectivity index (χ1n) is 4.96. The number of ketones is 1. The fraction of sp³-hybridized carbons (Fsp3) is 0.818. The number of carbonyl (C=O) groups excluding carboxylic acids is 1. The van der Waals surface area contributed by atoms with Crippen LogP contribution in [0.2, 0.25) is 0 Å². The molecule has 2 atom stereocenters. The average molecular weight is 198 g/mol. The van der Waals surface area contributed by atoms with Crippen LogP contribution in [0.3, 0.4) is 0 Å². The highest BCUT2D eigenvalue weighted by atomic mass is 16.1. The SMILES string of the molecule is CC=NC(C)(N)C(C)(C)[C@H](C)C(C)=O. The molecule has 0 aromatic carbocycles. The molecule has 0 aliphatic heterocycles. The van der Waals surface area contributed by atoms with E-state index in [2.05, 4.69) is 4.99 Å². The van der Waals surface area contributed by atoms with Crippen molar-refractivity contribution in [2.75, 3.05) is 0 Å². The topological polar surface area (TPSA) is 55.4 Å². The second kappa shape index (κ2) is 4.22. The van der Waals surface area contributed by atoms with Gasteiger partial charge in [-0.25, -0.2) is 0 Å². The molecule has 82 valence electrons. The summed E-state index contributed by atoms with van der Waals surface area (Å²) in [4.78, 5) is 15.6. The lowest BCUT2D eigenvalue weighted by Gasteiger charge is -2.41. The Labute approximate surface area is 86.8 Å². The summed E-state index contributed by atoms with van der Waals surface area (Å²) in [5.74, 6) is 0.0548. The Morgan fingerprint density at radius 3 is 2.14 bits per heavy atom. The summed E-state index contributed by atoms with van der Waals surface area (Å²) in [7, 11) is 0. The summed E-state index contributed by atoms with van der Waals surface area (Å²) >= 11 is 0. The Morgan fingerprint density at radius 1 is 1.43 bits per heavy atom. The molecule has 0 aromatic rings. The lowest BCUT2D eigenvalue weighted by Crippen LogP contribution is -2.53. The quantitative estimate of drug-likeness (QED) is 0.702. The van der Waals surface area contributed by atoms with Crippen LogP contribution in [0.1, 0.15) is 41.5 Å². The van der Waals surface area contributed by atoms with E-state index in [-0.39, 0.29) is 17.1 Å². The van der Waals surface area contributed by atoms with Crippen molar-refractivity contribution < 1.29 is 4.79 Å². The second-order valence-electron chi connectivity index (χ2n) is 4.59. The number of carbonyl (C=O) groups is 1. The number of Topliss-reactive ketones (excluding diaryl/α,β-unsaturated/α-hetero) is 1. The van der Waals surface area contributed by atoms with Gasteiger partial charge in [-0.3, -0.25) is 9.79 Å². The Balaban J connectivity index is 5.02. The predicted octanol–water partition coefficient (Wildman–Crippen LogP) is 2.00. The third-order valence-electron chi connectivity index (χ3n) is 3.39. The number of rotatable bonds is 4. The molecule has 14 heavy (non-hydrogen) atoms. The summed E-state index contributed by atoms with van der Waals surface area (Å²) in [5, 5.41) is 0. The molecule has 1 unspecified atom stereocenters. The number of aliphatic imine (C=N–C) groups is 1. The molecule has 0 aromatic heterocycles. The largest absolute Gasteiger partial charge is 0.307 e. The summed E-state index contributed by atoms with van der Waals surface area (Å²) in [6, 6.07) is 0. The van der Waals surface area contributed by atoms with Crippen molar-refractivity contribution >= 4 is 12.0 Å². The van der Waals surface area contributed by atoms with Crippen molar-refractivity contribution in [3.63, 3.8) is 0 Å². The van der Waals surface area contributed by atoms with Crippen LogP contribution in [0, 0.1) is 11.3 Å². The van der Waals surface area contributed by atoms with Gasteiger partial charge >= 0.3 is 0 Å². The Bertz CT molecular complexity index is 242. The lowest BCUT2D eigenvalue weighted by molar-refractivity contribution is -0.125. The molecule has 0 amide bonds. The van der Waals surface area contributed by atoms with Crippen molar-refractivity contribution in [2.45, 2.75) is 47.2 Å². The molecule has 0 aliphatic rings. The van der Waals surface area contributed by atoms with Crippen LogP contribution >= 0.6 is 0 Å². The van der Waals surface area contributed by atoms with Gasteiger partial charge in [0.25, 0.3) is 0 Å². The van der Waals surface area contributed by atoms with Crippen LogP contribution in [0.15, 0.2) is 4.99 Å². The van der Waals surface area contributed by atoms with Crippen LogP contribution < -0.4 is 5.73 Å².